The van der Waals surface area contributed by atoms with Crippen LogP contribution in [-0.4, -0.2) is 55.4 Å². The molecule has 5 heteroatoms. The predicted octanol–water partition coefficient (Wildman–Crippen LogP) is 3.49. The first-order chi connectivity index (χ1) is 14.3. The summed E-state index contributed by atoms with van der Waals surface area (Å²) in [6.45, 7) is 4.95. The Labute approximate surface area is 172 Å². The summed E-state index contributed by atoms with van der Waals surface area (Å²) in [5.41, 5.74) is 2.77. The lowest BCUT2D eigenvalue weighted by atomic mass is 9.75. The molecule has 0 spiro atoms. The summed E-state index contributed by atoms with van der Waals surface area (Å²) in [5.74, 6) is 4.07. The summed E-state index contributed by atoms with van der Waals surface area (Å²) in [4.78, 5) is 5.51. The fraction of sp³-hybridized carbons (Fsp3) is 0.500. The number of hydrogen-bond donors (Lipinski definition) is 0. The molecule has 4 saturated heterocycles. The molecule has 0 aliphatic carbocycles. The number of benzene rings is 2. The van der Waals surface area contributed by atoms with E-state index in [4.69, 9.17) is 14.2 Å². The van der Waals surface area contributed by atoms with Crippen LogP contribution in [0, 0.1) is 5.92 Å². The van der Waals surface area contributed by atoms with Crippen LogP contribution in [-0.2, 0) is 6.54 Å². The highest BCUT2D eigenvalue weighted by molar-refractivity contribution is 5.44. The summed E-state index contributed by atoms with van der Waals surface area (Å²) in [6, 6.07) is 16.5. The lowest BCUT2D eigenvalue weighted by molar-refractivity contribution is -0.00870. The number of ether oxygens (including phenoxy) is 3. The SMILES string of the molecule is COc1ccc([C@@H]2CN(Cc3ccc4c(c3)OCO4)[C@@H]3C4CCN(CC4)[C@@H]32)cc1. The van der Waals surface area contributed by atoms with Crippen molar-refractivity contribution in [2.24, 2.45) is 5.92 Å². The van der Waals surface area contributed by atoms with Crippen LogP contribution in [0.1, 0.15) is 29.9 Å². The molecule has 0 N–H and O–H groups in total. The largest absolute Gasteiger partial charge is 0.497 e. The number of likely N-dealkylation sites (tertiary alicyclic amines) is 1. The number of hydrogen-bond acceptors (Lipinski definition) is 5. The van der Waals surface area contributed by atoms with Gasteiger partial charge in [0.2, 0.25) is 6.79 Å². The van der Waals surface area contributed by atoms with Crippen LogP contribution >= 0.6 is 0 Å². The van der Waals surface area contributed by atoms with E-state index in [2.05, 4.69) is 52.3 Å². The minimum Gasteiger partial charge on any atom is -0.497 e. The van der Waals surface area contributed by atoms with Crippen LogP contribution in [0.15, 0.2) is 42.5 Å². The van der Waals surface area contributed by atoms with E-state index in [0.29, 0.717) is 24.8 Å². The van der Waals surface area contributed by atoms with Crippen LogP contribution < -0.4 is 14.2 Å². The van der Waals surface area contributed by atoms with Crippen molar-refractivity contribution in [1.82, 2.24) is 9.80 Å². The Balaban J connectivity index is 1.30. The third-order valence-corrected chi connectivity index (χ3v) is 7.46. The predicted molar refractivity (Wildman–Crippen MR) is 111 cm³/mol. The second kappa shape index (κ2) is 6.92. The topological polar surface area (TPSA) is 34.2 Å². The van der Waals surface area contributed by atoms with E-state index < -0.39 is 0 Å². The van der Waals surface area contributed by atoms with Crippen molar-refractivity contribution < 1.29 is 14.2 Å². The second-order valence-corrected chi connectivity index (χ2v) is 8.85. The van der Waals surface area contributed by atoms with Crippen LogP contribution in [0.3, 0.4) is 0 Å². The van der Waals surface area contributed by atoms with Crippen molar-refractivity contribution in [3.63, 3.8) is 0 Å². The molecule has 2 aromatic rings. The lowest BCUT2D eigenvalue weighted by Gasteiger charge is -2.51. The van der Waals surface area contributed by atoms with Gasteiger partial charge in [-0.2, -0.15) is 0 Å². The van der Waals surface area contributed by atoms with Crippen LogP contribution in [0.2, 0.25) is 0 Å². The van der Waals surface area contributed by atoms with Crippen molar-refractivity contribution in [3.05, 3.63) is 53.6 Å². The van der Waals surface area contributed by atoms with Gasteiger partial charge in [0.15, 0.2) is 11.5 Å². The molecule has 7 rings (SSSR count). The highest BCUT2D eigenvalue weighted by Gasteiger charge is 2.53. The number of piperidine rings is 3. The summed E-state index contributed by atoms with van der Waals surface area (Å²) >= 11 is 0. The third-order valence-electron chi connectivity index (χ3n) is 7.46. The number of fused-ring (bicyclic) bond motifs is 3. The van der Waals surface area contributed by atoms with Gasteiger partial charge in [0.1, 0.15) is 5.75 Å². The van der Waals surface area contributed by atoms with Gasteiger partial charge in [0.25, 0.3) is 0 Å². The summed E-state index contributed by atoms with van der Waals surface area (Å²) in [7, 11) is 1.74. The van der Waals surface area contributed by atoms with E-state index in [1.54, 1.807) is 7.11 Å². The average Bonchev–Trinajstić information content (AvgIpc) is 3.40. The molecule has 0 aromatic heterocycles. The summed E-state index contributed by atoms with van der Waals surface area (Å²) < 4.78 is 16.5. The Morgan fingerprint density at radius 2 is 1.76 bits per heavy atom. The standard InChI is InChI=1S/C24H28N2O3/c1-27-19-5-3-17(4-6-19)20-14-26(23-18-8-10-25(11-9-18)24(20)23)13-16-2-7-21-22(12-16)29-15-28-21/h2-7,12,18,20,23-24H,8-11,13-15H2,1H3/t20-,23+,24+/m0/s1. The van der Waals surface area contributed by atoms with Gasteiger partial charge in [-0.3, -0.25) is 9.80 Å². The Bertz CT molecular complexity index is 891. The van der Waals surface area contributed by atoms with Gasteiger partial charge in [-0.05, 0) is 67.2 Å². The fourth-order valence-electron chi connectivity index (χ4n) is 6.14. The number of methoxy groups -OCH3 is 1. The van der Waals surface area contributed by atoms with Crippen molar-refractivity contribution in [2.75, 3.05) is 33.5 Å². The molecule has 2 aromatic carbocycles. The van der Waals surface area contributed by atoms with Crippen LogP contribution in [0.25, 0.3) is 0 Å². The first-order valence-electron chi connectivity index (χ1n) is 10.8. The van der Waals surface area contributed by atoms with Gasteiger partial charge in [-0.15, -0.1) is 0 Å². The minimum atomic E-state index is 0.337. The highest BCUT2D eigenvalue weighted by Crippen LogP contribution is 2.47. The zero-order valence-electron chi connectivity index (χ0n) is 16.9. The van der Waals surface area contributed by atoms with Crippen molar-refractivity contribution >= 4 is 0 Å². The molecule has 5 heterocycles. The van der Waals surface area contributed by atoms with Crippen molar-refractivity contribution in [3.8, 4) is 17.2 Å². The lowest BCUT2D eigenvalue weighted by Crippen LogP contribution is -2.59. The van der Waals surface area contributed by atoms with E-state index in [1.165, 1.54) is 37.1 Å². The third kappa shape index (κ3) is 2.90. The summed E-state index contributed by atoms with van der Waals surface area (Å²) in [5, 5.41) is 0. The molecule has 29 heavy (non-hydrogen) atoms. The Morgan fingerprint density at radius 1 is 0.966 bits per heavy atom. The first-order valence-corrected chi connectivity index (χ1v) is 10.8. The van der Waals surface area contributed by atoms with E-state index in [9.17, 15) is 0 Å². The van der Waals surface area contributed by atoms with Gasteiger partial charge >= 0.3 is 0 Å². The van der Waals surface area contributed by atoms with Crippen molar-refractivity contribution in [1.29, 1.82) is 0 Å². The van der Waals surface area contributed by atoms with E-state index in [1.807, 2.05) is 0 Å². The monoisotopic (exact) mass is 392 g/mol. The molecule has 5 nitrogen and oxygen atoms in total. The zero-order valence-corrected chi connectivity index (χ0v) is 16.9. The van der Waals surface area contributed by atoms with E-state index in [-0.39, 0.29) is 0 Å². The number of nitrogens with zero attached hydrogens (tertiary/aromatic N) is 2. The molecule has 0 unspecified atom stereocenters. The van der Waals surface area contributed by atoms with Gasteiger partial charge < -0.3 is 14.2 Å². The fourth-order valence-corrected chi connectivity index (χ4v) is 6.14. The molecule has 5 aliphatic heterocycles. The Morgan fingerprint density at radius 3 is 2.55 bits per heavy atom. The molecule has 152 valence electrons. The maximum Gasteiger partial charge on any atom is 0.231 e. The summed E-state index contributed by atoms with van der Waals surface area (Å²) in [6.07, 6.45) is 2.68. The number of rotatable bonds is 4. The smallest absolute Gasteiger partial charge is 0.231 e. The Hall–Kier alpha value is -2.24. The molecule has 0 amide bonds. The molecular formula is C24H28N2O3. The second-order valence-electron chi connectivity index (χ2n) is 8.85. The molecule has 0 saturated carbocycles. The molecule has 5 aliphatic rings. The van der Waals surface area contributed by atoms with E-state index in [0.717, 1.165) is 36.3 Å². The van der Waals surface area contributed by atoms with Crippen LogP contribution in [0.4, 0.5) is 0 Å². The molecule has 3 atom stereocenters. The minimum absolute atomic E-state index is 0.337. The van der Waals surface area contributed by atoms with Gasteiger partial charge in [0, 0.05) is 31.1 Å². The van der Waals surface area contributed by atoms with Crippen LogP contribution in [0.5, 0.6) is 17.2 Å². The highest BCUT2D eigenvalue weighted by atomic mass is 16.7. The van der Waals surface area contributed by atoms with E-state index >= 15 is 0 Å². The van der Waals surface area contributed by atoms with Gasteiger partial charge in [-0.25, -0.2) is 0 Å². The molecular weight excluding hydrogens is 364 g/mol. The Kier molecular flexibility index (Phi) is 4.20. The normalized spacial score (nSPS) is 32.4. The van der Waals surface area contributed by atoms with Gasteiger partial charge in [-0.1, -0.05) is 18.2 Å². The maximum atomic E-state index is 5.61. The zero-order chi connectivity index (χ0) is 19.4. The maximum absolute atomic E-state index is 5.61. The molecule has 2 bridgehead atoms. The first kappa shape index (κ1) is 17.6. The average molecular weight is 392 g/mol. The quantitative estimate of drug-likeness (QED) is 0.796. The molecule has 0 radical (unpaired) electrons. The van der Waals surface area contributed by atoms with Gasteiger partial charge in [0.05, 0.1) is 7.11 Å². The molecule has 4 fully saturated rings. The van der Waals surface area contributed by atoms with Crippen molar-refractivity contribution in [2.45, 2.75) is 37.4 Å².